The van der Waals surface area contributed by atoms with Gasteiger partial charge in [-0.3, -0.25) is 25.3 Å². The Bertz CT molecular complexity index is 676. The molecule has 7 heteroatoms. The van der Waals surface area contributed by atoms with Crippen LogP contribution in [0.1, 0.15) is 10.4 Å². The van der Waals surface area contributed by atoms with Gasteiger partial charge in [0.05, 0.1) is 21.2 Å². The summed E-state index contributed by atoms with van der Waals surface area (Å²) in [5.41, 5.74) is 3.45. The first-order valence-electron chi connectivity index (χ1n) is 6.03. The number of carbonyl (C=O) groups is 1. The van der Waals surface area contributed by atoms with Crippen LogP contribution in [-0.4, -0.2) is 17.9 Å². The van der Waals surface area contributed by atoms with Gasteiger partial charge in [0.15, 0.2) is 0 Å². The second kappa shape index (κ2) is 6.23. The molecule has 2 aromatic carbocycles. The Hall–Kier alpha value is -2.60. The Kier molecular flexibility index (Phi) is 4.39. The summed E-state index contributed by atoms with van der Waals surface area (Å²) in [4.78, 5) is 22.2. The third kappa shape index (κ3) is 3.49. The maximum atomic E-state index is 12.1. The summed E-state index contributed by atoms with van der Waals surface area (Å²) in [5, 5.41) is 12.2. The molecule has 0 aliphatic carbocycles. The number of nitrogens with zero attached hydrogens (tertiary/aromatic N) is 2. The molecule has 21 heavy (non-hydrogen) atoms. The van der Waals surface area contributed by atoms with Gasteiger partial charge in [0.1, 0.15) is 0 Å². The van der Waals surface area contributed by atoms with Crippen LogP contribution >= 0.6 is 11.6 Å². The second-order valence-electron chi connectivity index (χ2n) is 4.26. The average molecular weight is 306 g/mol. The summed E-state index contributed by atoms with van der Waals surface area (Å²) in [7, 11) is 1.69. The zero-order chi connectivity index (χ0) is 15.4. The molecule has 0 spiro atoms. The fraction of sp³-hybridized carbons (Fsp3) is 0.0714. The summed E-state index contributed by atoms with van der Waals surface area (Å²) < 4.78 is 0. The molecule has 2 aromatic rings. The SMILES string of the molecule is CN(NC(=O)c1ccc([N+](=O)[O-])cc1Cl)c1ccccc1. The number of nitrogens with one attached hydrogen (secondary N) is 1. The summed E-state index contributed by atoms with van der Waals surface area (Å²) in [5.74, 6) is -0.443. The van der Waals surface area contributed by atoms with E-state index in [-0.39, 0.29) is 16.3 Å². The van der Waals surface area contributed by atoms with E-state index >= 15 is 0 Å². The van der Waals surface area contributed by atoms with Gasteiger partial charge < -0.3 is 0 Å². The van der Waals surface area contributed by atoms with Crippen LogP contribution in [0.4, 0.5) is 11.4 Å². The van der Waals surface area contributed by atoms with E-state index in [4.69, 9.17) is 11.6 Å². The van der Waals surface area contributed by atoms with Crippen molar-refractivity contribution in [3.8, 4) is 0 Å². The first-order chi connectivity index (χ1) is 9.99. The average Bonchev–Trinajstić information content (AvgIpc) is 2.47. The minimum atomic E-state index is -0.566. The third-order valence-electron chi connectivity index (χ3n) is 2.82. The normalized spacial score (nSPS) is 10.0. The highest BCUT2D eigenvalue weighted by Crippen LogP contribution is 2.22. The molecule has 6 nitrogen and oxygen atoms in total. The van der Waals surface area contributed by atoms with Crippen LogP contribution in [0.3, 0.4) is 0 Å². The molecule has 1 amide bonds. The molecule has 0 saturated heterocycles. The first-order valence-corrected chi connectivity index (χ1v) is 6.40. The molecule has 0 aliphatic heterocycles. The highest BCUT2D eigenvalue weighted by Gasteiger charge is 2.16. The highest BCUT2D eigenvalue weighted by atomic mass is 35.5. The van der Waals surface area contributed by atoms with Gasteiger partial charge in [0, 0.05) is 19.2 Å². The number of non-ortho nitro benzene ring substituents is 1. The molecule has 2 rings (SSSR count). The first kappa shape index (κ1) is 14.8. The molecule has 0 aromatic heterocycles. The molecule has 108 valence electrons. The second-order valence-corrected chi connectivity index (χ2v) is 4.66. The van der Waals surface area contributed by atoms with Crippen molar-refractivity contribution in [1.29, 1.82) is 0 Å². The van der Waals surface area contributed by atoms with Crippen LogP contribution in [0.5, 0.6) is 0 Å². The van der Waals surface area contributed by atoms with Crippen LogP contribution in [0.15, 0.2) is 48.5 Å². The third-order valence-corrected chi connectivity index (χ3v) is 3.13. The number of amides is 1. The van der Waals surface area contributed by atoms with Gasteiger partial charge in [0.2, 0.25) is 0 Å². The lowest BCUT2D eigenvalue weighted by Crippen LogP contribution is -2.39. The lowest BCUT2D eigenvalue weighted by Gasteiger charge is -2.20. The number of rotatable bonds is 4. The molecular weight excluding hydrogens is 294 g/mol. The van der Waals surface area contributed by atoms with E-state index in [2.05, 4.69) is 5.43 Å². The molecule has 0 aliphatic rings. The van der Waals surface area contributed by atoms with Crippen molar-refractivity contribution in [3.63, 3.8) is 0 Å². The fourth-order valence-electron chi connectivity index (χ4n) is 1.73. The topological polar surface area (TPSA) is 75.5 Å². The zero-order valence-corrected chi connectivity index (χ0v) is 11.9. The number of nitro benzene ring substituents is 1. The Morgan fingerprint density at radius 2 is 1.90 bits per heavy atom. The van der Waals surface area contributed by atoms with E-state index in [0.717, 1.165) is 11.8 Å². The van der Waals surface area contributed by atoms with E-state index < -0.39 is 10.8 Å². The summed E-state index contributed by atoms with van der Waals surface area (Å²) >= 11 is 5.91. The number of nitro groups is 1. The number of para-hydroxylation sites is 1. The van der Waals surface area contributed by atoms with E-state index in [1.54, 1.807) is 12.1 Å². The number of anilines is 1. The number of hydrazine groups is 1. The lowest BCUT2D eigenvalue weighted by atomic mass is 10.2. The molecule has 0 saturated carbocycles. The zero-order valence-electron chi connectivity index (χ0n) is 11.1. The molecule has 0 heterocycles. The van der Waals surface area contributed by atoms with E-state index in [1.807, 2.05) is 30.3 Å². The summed E-state index contributed by atoms with van der Waals surface area (Å²) in [6.07, 6.45) is 0. The largest absolute Gasteiger partial charge is 0.288 e. The fourth-order valence-corrected chi connectivity index (χ4v) is 1.99. The predicted octanol–water partition coefficient (Wildman–Crippen LogP) is 3.03. The summed E-state index contributed by atoms with van der Waals surface area (Å²) in [6, 6.07) is 12.9. The molecular formula is C14H12ClN3O3. The number of halogens is 1. The molecule has 0 bridgehead atoms. The van der Waals surface area contributed by atoms with Crippen molar-refractivity contribution in [2.45, 2.75) is 0 Å². The molecule has 1 N–H and O–H groups in total. The van der Waals surface area contributed by atoms with Gasteiger partial charge in [-0.1, -0.05) is 29.8 Å². The van der Waals surface area contributed by atoms with Gasteiger partial charge in [-0.2, -0.15) is 0 Å². The summed E-state index contributed by atoms with van der Waals surface area (Å²) in [6.45, 7) is 0. The van der Waals surface area contributed by atoms with Crippen molar-refractivity contribution in [3.05, 3.63) is 69.2 Å². The maximum Gasteiger partial charge on any atom is 0.271 e. The van der Waals surface area contributed by atoms with Crippen molar-refractivity contribution in [1.82, 2.24) is 5.43 Å². The standard InChI is InChI=1S/C14H12ClN3O3/c1-17(10-5-3-2-4-6-10)16-14(19)12-8-7-11(18(20)21)9-13(12)15/h2-9H,1H3,(H,16,19). The number of carbonyl (C=O) groups excluding carboxylic acids is 1. The Morgan fingerprint density at radius 3 is 2.48 bits per heavy atom. The number of benzene rings is 2. The molecule has 0 unspecified atom stereocenters. The lowest BCUT2D eigenvalue weighted by molar-refractivity contribution is -0.384. The van der Waals surface area contributed by atoms with Crippen molar-refractivity contribution in [2.75, 3.05) is 12.1 Å². The highest BCUT2D eigenvalue weighted by molar-refractivity contribution is 6.34. The van der Waals surface area contributed by atoms with Gasteiger partial charge in [-0.15, -0.1) is 0 Å². The van der Waals surface area contributed by atoms with Crippen molar-refractivity contribution in [2.24, 2.45) is 0 Å². The van der Waals surface area contributed by atoms with Gasteiger partial charge in [-0.25, -0.2) is 0 Å². The van der Waals surface area contributed by atoms with Gasteiger partial charge >= 0.3 is 0 Å². The van der Waals surface area contributed by atoms with Crippen LogP contribution in [0.2, 0.25) is 5.02 Å². The van der Waals surface area contributed by atoms with Crippen LogP contribution < -0.4 is 10.4 Å². The van der Waals surface area contributed by atoms with Gasteiger partial charge in [0.25, 0.3) is 11.6 Å². The number of hydrogen-bond donors (Lipinski definition) is 1. The van der Waals surface area contributed by atoms with E-state index in [1.165, 1.54) is 12.1 Å². The quantitative estimate of drug-likeness (QED) is 0.696. The minimum Gasteiger partial charge on any atom is -0.288 e. The van der Waals surface area contributed by atoms with E-state index in [0.29, 0.717) is 0 Å². The predicted molar refractivity (Wildman–Crippen MR) is 80.4 cm³/mol. The monoisotopic (exact) mass is 305 g/mol. The van der Waals surface area contributed by atoms with Gasteiger partial charge in [-0.05, 0) is 18.2 Å². The minimum absolute atomic E-state index is 0.0307. The maximum absolute atomic E-state index is 12.1. The molecule has 0 fully saturated rings. The Morgan fingerprint density at radius 1 is 1.24 bits per heavy atom. The van der Waals surface area contributed by atoms with E-state index in [9.17, 15) is 14.9 Å². The smallest absolute Gasteiger partial charge is 0.271 e. The Labute approximate surface area is 126 Å². The Balaban J connectivity index is 2.15. The number of hydrogen-bond acceptors (Lipinski definition) is 4. The molecule has 0 radical (unpaired) electrons. The van der Waals surface area contributed by atoms with Crippen molar-refractivity contribution >= 4 is 28.9 Å². The van der Waals surface area contributed by atoms with Crippen LogP contribution in [0.25, 0.3) is 0 Å². The van der Waals surface area contributed by atoms with Crippen molar-refractivity contribution < 1.29 is 9.72 Å². The van der Waals surface area contributed by atoms with Crippen LogP contribution in [-0.2, 0) is 0 Å². The van der Waals surface area contributed by atoms with Crippen LogP contribution in [0, 0.1) is 10.1 Å². The molecule has 0 atom stereocenters.